The van der Waals surface area contributed by atoms with E-state index in [0.717, 1.165) is 76.5 Å². The van der Waals surface area contributed by atoms with E-state index in [1.165, 1.54) is 0 Å². The predicted octanol–water partition coefficient (Wildman–Crippen LogP) is 15.4. The van der Waals surface area contributed by atoms with Gasteiger partial charge in [-0.1, -0.05) is 200 Å². The molecule has 1 heteroatoms. The van der Waals surface area contributed by atoms with Crippen LogP contribution in [0.1, 0.15) is 13.7 Å². The molecule has 0 aliphatic heterocycles. The third-order valence-corrected chi connectivity index (χ3v) is 10.7. The summed E-state index contributed by atoms with van der Waals surface area (Å²) in [5, 5.41) is 7.36. The number of hydrogen-bond acceptors (Lipinski definition) is 1. The van der Waals surface area contributed by atoms with Crippen LogP contribution in [0.3, 0.4) is 0 Å². The van der Waals surface area contributed by atoms with Crippen LogP contribution < -0.4 is 0 Å². The Morgan fingerprint density at radius 2 is 0.709 bits per heavy atom. The Bertz CT molecular complexity index is 3740. The van der Waals surface area contributed by atoms with Gasteiger partial charge in [0, 0.05) is 21.9 Å². The van der Waals surface area contributed by atoms with Crippen molar-refractivity contribution in [2.24, 2.45) is 0 Å². The van der Waals surface area contributed by atoms with E-state index in [-0.39, 0.29) is 47.4 Å². The quantitative estimate of drug-likeness (QED) is 0.162. The van der Waals surface area contributed by atoms with Gasteiger partial charge in [0.2, 0.25) is 0 Å². The third-order valence-electron chi connectivity index (χ3n) is 10.7. The van der Waals surface area contributed by atoms with E-state index in [1.54, 1.807) is 6.07 Å². The molecule has 1 aromatic heterocycles. The van der Waals surface area contributed by atoms with Crippen LogP contribution in [0.2, 0.25) is 0 Å². The lowest BCUT2D eigenvalue weighted by Gasteiger charge is -2.20. The maximum absolute atomic E-state index is 8.79. The van der Waals surface area contributed by atoms with Gasteiger partial charge in [-0.3, -0.25) is 0 Å². The van der Waals surface area contributed by atoms with Crippen LogP contribution in [-0.2, 0) is 0 Å². The molecule has 0 fully saturated rings. The molecule has 1 nitrogen and oxygen atoms in total. The number of rotatable bonds is 5. The molecule has 0 aliphatic carbocycles. The van der Waals surface area contributed by atoms with Crippen LogP contribution in [-0.4, -0.2) is 0 Å². The van der Waals surface area contributed by atoms with Gasteiger partial charge in [-0.15, -0.1) is 0 Å². The molecule has 0 radical (unpaired) electrons. The van der Waals surface area contributed by atoms with Gasteiger partial charge in [-0.2, -0.15) is 0 Å². The summed E-state index contributed by atoms with van der Waals surface area (Å²) >= 11 is 0. The molecule has 55 heavy (non-hydrogen) atoms. The third kappa shape index (κ3) is 5.01. The summed E-state index contributed by atoms with van der Waals surface area (Å²) in [6.07, 6.45) is 0. The SMILES string of the molecule is [2H]c1c([2H])c([2H])c(-c2ccc(-c3c4ccccc4c(-c4cccc(-c5cccc6c5oc5c(-c7c([2H])c([2H])c([2H])c([2H])c7[2H])cccc56)c4)c4ccccc34)c3ccccc23)c([2H])c1[2H]. The van der Waals surface area contributed by atoms with Crippen molar-refractivity contribution in [3.63, 3.8) is 0 Å². The first-order chi connectivity index (χ1) is 31.5. The van der Waals surface area contributed by atoms with Crippen LogP contribution in [0.4, 0.5) is 0 Å². The van der Waals surface area contributed by atoms with Crippen LogP contribution >= 0.6 is 0 Å². The van der Waals surface area contributed by atoms with Gasteiger partial charge in [0.05, 0.1) is 13.7 Å². The fourth-order valence-electron chi connectivity index (χ4n) is 8.32. The summed E-state index contributed by atoms with van der Waals surface area (Å²) in [5.74, 6) is 0. The number of fused-ring (bicyclic) bond motifs is 6. The minimum absolute atomic E-state index is 0.0874. The van der Waals surface area contributed by atoms with E-state index >= 15 is 0 Å². The molecule has 0 unspecified atom stereocenters. The highest BCUT2D eigenvalue weighted by Crippen LogP contribution is 2.47. The standard InChI is InChI=1S/C54H34O/c1-3-16-35(17-4-1)39-32-33-48(43-23-8-7-22-42(39)43)52-46-26-11-9-24-44(46)51(45-25-10-12-27-47(45)52)38-21-13-20-37(34-38)41-29-15-31-50-49-30-14-28-40(53(49)55-54(41)50)36-18-5-2-6-19-36/h1-34H/i1D,2D,3D,4D,5D,6D,16D,17D,18D,19D. The minimum Gasteiger partial charge on any atom is -0.455 e. The van der Waals surface area contributed by atoms with Crippen LogP contribution in [0, 0.1) is 0 Å². The topological polar surface area (TPSA) is 13.1 Å². The van der Waals surface area contributed by atoms with E-state index in [1.807, 2.05) is 103 Å². The van der Waals surface area contributed by atoms with E-state index in [2.05, 4.69) is 36.4 Å². The lowest BCUT2D eigenvalue weighted by Crippen LogP contribution is -1.92. The molecule has 0 aliphatic rings. The molecular formula is C54H34O. The second-order valence-corrected chi connectivity index (χ2v) is 13.6. The first-order valence-electron chi connectivity index (χ1n) is 23.1. The monoisotopic (exact) mass is 708 g/mol. The number of furan rings is 1. The zero-order valence-corrected chi connectivity index (χ0v) is 29.3. The molecule has 10 aromatic carbocycles. The van der Waals surface area contributed by atoms with Gasteiger partial charge in [0.1, 0.15) is 11.2 Å². The summed E-state index contributed by atoms with van der Waals surface area (Å²) in [4.78, 5) is 0. The lowest BCUT2D eigenvalue weighted by atomic mass is 9.83. The van der Waals surface area contributed by atoms with Crippen molar-refractivity contribution in [1.29, 1.82) is 0 Å². The van der Waals surface area contributed by atoms with Crippen LogP contribution in [0.15, 0.2) is 210 Å². The molecule has 11 rings (SSSR count). The molecule has 0 spiro atoms. The zero-order valence-electron chi connectivity index (χ0n) is 39.3. The molecule has 0 saturated carbocycles. The van der Waals surface area contributed by atoms with Crippen molar-refractivity contribution in [2.75, 3.05) is 0 Å². The fourth-order valence-corrected chi connectivity index (χ4v) is 8.32. The molecule has 0 atom stereocenters. The maximum atomic E-state index is 8.79. The average molecular weight is 709 g/mol. The van der Waals surface area contributed by atoms with Crippen LogP contribution in [0.25, 0.3) is 110 Å². The Balaban J connectivity index is 1.11. The van der Waals surface area contributed by atoms with Gasteiger partial charge in [-0.25, -0.2) is 0 Å². The van der Waals surface area contributed by atoms with Gasteiger partial charge in [0.15, 0.2) is 0 Å². The largest absolute Gasteiger partial charge is 0.455 e. The Morgan fingerprint density at radius 1 is 0.291 bits per heavy atom. The van der Waals surface area contributed by atoms with Gasteiger partial charge in [0.25, 0.3) is 0 Å². The van der Waals surface area contributed by atoms with E-state index in [0.29, 0.717) is 22.3 Å². The highest BCUT2D eigenvalue weighted by atomic mass is 16.3. The summed E-state index contributed by atoms with van der Waals surface area (Å²) < 4.78 is 91.5. The number of hydrogen-bond donors (Lipinski definition) is 0. The van der Waals surface area contributed by atoms with Gasteiger partial charge >= 0.3 is 0 Å². The molecule has 11 aromatic rings. The van der Waals surface area contributed by atoms with Crippen molar-refractivity contribution in [2.45, 2.75) is 0 Å². The Labute approximate surface area is 333 Å². The van der Waals surface area contributed by atoms with Crippen LogP contribution in [0.5, 0.6) is 0 Å². The van der Waals surface area contributed by atoms with Crippen molar-refractivity contribution >= 4 is 54.3 Å². The van der Waals surface area contributed by atoms with Crippen molar-refractivity contribution in [3.8, 4) is 55.6 Å². The Kier molecular flexibility index (Phi) is 5.27. The highest BCUT2D eigenvalue weighted by Gasteiger charge is 2.20. The summed E-state index contributed by atoms with van der Waals surface area (Å²) in [6, 6.07) is 44.7. The normalized spacial score (nSPS) is 14.2. The van der Waals surface area contributed by atoms with Crippen molar-refractivity contribution in [3.05, 3.63) is 206 Å². The van der Waals surface area contributed by atoms with Crippen molar-refractivity contribution in [1.82, 2.24) is 0 Å². The van der Waals surface area contributed by atoms with Crippen molar-refractivity contribution < 1.29 is 18.1 Å². The first kappa shape index (κ1) is 22.8. The lowest BCUT2D eigenvalue weighted by molar-refractivity contribution is 0.671. The molecule has 256 valence electrons. The molecule has 0 saturated heterocycles. The highest BCUT2D eigenvalue weighted by molar-refractivity contribution is 6.24. The molecule has 1 heterocycles. The Morgan fingerprint density at radius 3 is 1.29 bits per heavy atom. The second kappa shape index (κ2) is 12.7. The molecule has 0 amide bonds. The van der Waals surface area contributed by atoms with E-state index in [4.69, 9.17) is 18.1 Å². The predicted molar refractivity (Wildman–Crippen MR) is 233 cm³/mol. The summed E-state index contributed by atoms with van der Waals surface area (Å²) in [5.41, 5.74) is 8.02. The summed E-state index contributed by atoms with van der Waals surface area (Å²) in [7, 11) is 0. The Hall–Kier alpha value is -7.22. The maximum Gasteiger partial charge on any atom is 0.143 e. The van der Waals surface area contributed by atoms with Gasteiger partial charge in [-0.05, 0) is 82.9 Å². The van der Waals surface area contributed by atoms with Gasteiger partial charge < -0.3 is 4.42 Å². The smallest absolute Gasteiger partial charge is 0.143 e. The number of benzene rings is 10. The fraction of sp³-hybridized carbons (Fsp3) is 0. The zero-order chi connectivity index (χ0) is 45.0. The molecular weight excluding hydrogens is 665 g/mol. The first-order valence-corrected chi connectivity index (χ1v) is 18.1. The average Bonchev–Trinajstić information content (AvgIpc) is 3.73. The number of para-hydroxylation sites is 2. The van der Waals surface area contributed by atoms with E-state index in [9.17, 15) is 0 Å². The summed E-state index contributed by atoms with van der Waals surface area (Å²) in [6.45, 7) is 0. The molecule has 0 N–H and O–H groups in total. The second-order valence-electron chi connectivity index (χ2n) is 13.6. The molecule has 0 bridgehead atoms. The minimum atomic E-state index is -0.449. The van der Waals surface area contributed by atoms with E-state index < -0.39 is 24.2 Å².